The number of rotatable bonds is 0. The van der Waals surface area contributed by atoms with Crippen LogP contribution >= 0.6 is 0 Å². The molecule has 88 valence electrons. The first kappa shape index (κ1) is 14.0. The van der Waals surface area contributed by atoms with E-state index in [2.05, 4.69) is 43.4 Å². The Labute approximate surface area is 96.4 Å². The summed E-state index contributed by atoms with van der Waals surface area (Å²) in [4.78, 5) is 0. The second kappa shape index (κ2) is 8.34. The van der Waals surface area contributed by atoms with Gasteiger partial charge in [-0.15, -0.1) is 0 Å². The van der Waals surface area contributed by atoms with Gasteiger partial charge in [-0.2, -0.15) is 0 Å². The molecule has 0 atom stereocenters. The van der Waals surface area contributed by atoms with E-state index in [9.17, 15) is 0 Å². The molecule has 0 radical (unpaired) electrons. The third kappa shape index (κ3) is 4.87. The van der Waals surface area contributed by atoms with Crippen molar-refractivity contribution in [2.75, 3.05) is 11.9 Å². The molecule has 0 saturated carbocycles. The molecule has 1 aliphatic heterocycles. The molecule has 0 unspecified atom stereocenters. The number of para-hydroxylation sites is 1. The number of nitrogens with one attached hydrogen (secondary N) is 1. The zero-order chi connectivity index (χ0) is 10.2. The van der Waals surface area contributed by atoms with Crippen molar-refractivity contribution in [2.24, 2.45) is 0 Å². The Balaban J connectivity index is 0. The number of benzene rings is 1. The molecule has 1 heteroatoms. The molecule has 0 aromatic heterocycles. The molecule has 1 nitrogen and oxygen atoms in total. The first-order valence-corrected chi connectivity index (χ1v) is 5.70. The largest absolute Gasteiger partial charge is 0.385 e. The number of hydrogen-bond donors (Lipinski definition) is 1. The van der Waals surface area contributed by atoms with Crippen LogP contribution < -0.4 is 5.32 Å². The zero-order valence-electron chi connectivity index (χ0n) is 9.34. The predicted octanol–water partition coefficient (Wildman–Crippen LogP) is 4.73. The van der Waals surface area contributed by atoms with Crippen LogP contribution in [0.3, 0.4) is 0 Å². The molecule has 1 N–H and O–H groups in total. The number of hydrogen-bond acceptors (Lipinski definition) is 1. The molecular weight excluding hydrogens is 182 g/mol. The molecule has 0 aliphatic carbocycles. The minimum Gasteiger partial charge on any atom is -0.385 e. The Morgan fingerprint density at radius 3 is 2.60 bits per heavy atom. The van der Waals surface area contributed by atoms with Crippen LogP contribution in [0.5, 0.6) is 0 Å². The smallest absolute Gasteiger partial charge is 0.0372 e. The van der Waals surface area contributed by atoms with Crippen LogP contribution in [0.25, 0.3) is 0 Å². The van der Waals surface area contributed by atoms with Crippen LogP contribution in [-0.4, -0.2) is 6.54 Å². The fraction of sp³-hybridized carbons (Fsp3) is 0.571. The van der Waals surface area contributed by atoms with E-state index in [1.165, 1.54) is 36.9 Å². The van der Waals surface area contributed by atoms with Gasteiger partial charge in [0.15, 0.2) is 0 Å². The average Bonchev–Trinajstić information content (AvgIpc) is 2.43. The molecule has 0 saturated heterocycles. The van der Waals surface area contributed by atoms with Gasteiger partial charge in [-0.25, -0.2) is 0 Å². The highest BCUT2D eigenvalue weighted by atomic mass is 14.9. The molecule has 0 amide bonds. The van der Waals surface area contributed by atoms with Crippen LogP contribution in [0.2, 0.25) is 0 Å². The quantitative estimate of drug-likeness (QED) is 0.651. The predicted molar refractivity (Wildman–Crippen MR) is 72.7 cm³/mol. The van der Waals surface area contributed by atoms with E-state index in [0.29, 0.717) is 0 Å². The minimum atomic E-state index is 0. The summed E-state index contributed by atoms with van der Waals surface area (Å²) in [5.41, 5.74) is 2.81. The summed E-state index contributed by atoms with van der Waals surface area (Å²) in [6.45, 7) is 5.39. The van der Waals surface area contributed by atoms with E-state index in [-0.39, 0.29) is 8.85 Å². The Kier molecular flexibility index (Phi) is 7.79. The van der Waals surface area contributed by atoms with Crippen molar-refractivity contribution in [1.82, 2.24) is 0 Å². The monoisotopic (exact) mass is 209 g/mol. The van der Waals surface area contributed by atoms with Gasteiger partial charge in [0.05, 0.1) is 0 Å². The summed E-state index contributed by atoms with van der Waals surface area (Å²) in [6, 6.07) is 8.59. The highest BCUT2D eigenvalue weighted by Gasteiger charge is 2.04. The number of anilines is 1. The molecule has 1 aliphatic rings. The summed E-state index contributed by atoms with van der Waals surface area (Å²) in [5, 5.41) is 3.43. The fourth-order valence-corrected chi connectivity index (χ4v) is 1.57. The van der Waals surface area contributed by atoms with Crippen molar-refractivity contribution in [3.05, 3.63) is 29.8 Å². The van der Waals surface area contributed by atoms with Crippen molar-refractivity contribution in [1.29, 1.82) is 0 Å². The third-order valence-corrected chi connectivity index (χ3v) is 2.21. The van der Waals surface area contributed by atoms with Gasteiger partial charge in [-0.05, 0) is 30.9 Å². The SMILES string of the molecule is C.CCC.[HH].c1ccc2c(c1)CCCCN2. The Morgan fingerprint density at radius 1 is 1.20 bits per heavy atom. The van der Waals surface area contributed by atoms with Gasteiger partial charge >= 0.3 is 0 Å². The molecule has 0 bridgehead atoms. The van der Waals surface area contributed by atoms with Crippen LogP contribution in [-0.2, 0) is 6.42 Å². The molecule has 15 heavy (non-hydrogen) atoms. The van der Waals surface area contributed by atoms with Gasteiger partial charge in [-0.1, -0.05) is 45.9 Å². The second-order valence-electron chi connectivity index (χ2n) is 3.75. The lowest BCUT2D eigenvalue weighted by Gasteiger charge is -2.04. The van der Waals surface area contributed by atoms with E-state index in [4.69, 9.17) is 0 Å². The first-order valence-electron chi connectivity index (χ1n) is 5.70. The average molecular weight is 209 g/mol. The lowest BCUT2D eigenvalue weighted by Crippen LogP contribution is -1.98. The van der Waals surface area contributed by atoms with Crippen molar-refractivity contribution < 1.29 is 1.43 Å². The Bertz CT molecular complexity index is 236. The van der Waals surface area contributed by atoms with Crippen molar-refractivity contribution >= 4 is 5.69 Å². The maximum atomic E-state index is 3.43. The molecule has 1 aromatic carbocycles. The van der Waals surface area contributed by atoms with Gasteiger partial charge in [0.1, 0.15) is 0 Å². The molecule has 1 aromatic rings. The van der Waals surface area contributed by atoms with Crippen LogP contribution in [0, 0.1) is 0 Å². The van der Waals surface area contributed by atoms with Crippen molar-refractivity contribution in [2.45, 2.75) is 47.0 Å². The van der Waals surface area contributed by atoms with E-state index in [1.54, 1.807) is 0 Å². The van der Waals surface area contributed by atoms with Crippen LogP contribution in [0.1, 0.15) is 47.5 Å². The highest BCUT2D eigenvalue weighted by molar-refractivity contribution is 5.51. The van der Waals surface area contributed by atoms with E-state index < -0.39 is 0 Å². The second-order valence-corrected chi connectivity index (χ2v) is 3.75. The van der Waals surface area contributed by atoms with Gasteiger partial charge in [0, 0.05) is 13.7 Å². The lowest BCUT2D eigenvalue weighted by molar-refractivity contribution is 0.785. The first-order chi connectivity index (χ1) is 6.88. The summed E-state index contributed by atoms with van der Waals surface area (Å²) in [5.74, 6) is 0. The van der Waals surface area contributed by atoms with Gasteiger partial charge in [0.25, 0.3) is 0 Å². The zero-order valence-corrected chi connectivity index (χ0v) is 9.34. The Morgan fingerprint density at radius 2 is 1.87 bits per heavy atom. The van der Waals surface area contributed by atoms with E-state index >= 15 is 0 Å². The standard InChI is InChI=1S/C10H13N.C3H8.CH4.H2/c1-2-7-10-9(5-1)6-3-4-8-11-10;1-3-2;;/h1-2,5,7,11H,3-4,6,8H2;3H2,1-2H3;1H4;1H. The van der Waals surface area contributed by atoms with Crippen LogP contribution in [0.15, 0.2) is 24.3 Å². The molecule has 2 rings (SSSR count). The fourth-order valence-electron chi connectivity index (χ4n) is 1.57. The topological polar surface area (TPSA) is 12.0 Å². The van der Waals surface area contributed by atoms with Crippen LogP contribution in [0.4, 0.5) is 5.69 Å². The summed E-state index contributed by atoms with van der Waals surface area (Å²) < 4.78 is 0. The summed E-state index contributed by atoms with van der Waals surface area (Å²) in [6.07, 6.45) is 5.11. The maximum Gasteiger partial charge on any atom is 0.0372 e. The van der Waals surface area contributed by atoms with E-state index in [0.717, 1.165) is 6.54 Å². The van der Waals surface area contributed by atoms with Gasteiger partial charge in [0.2, 0.25) is 0 Å². The highest BCUT2D eigenvalue weighted by Crippen LogP contribution is 2.19. The Hall–Kier alpha value is -0.980. The normalized spacial score (nSPS) is 13.2. The summed E-state index contributed by atoms with van der Waals surface area (Å²) >= 11 is 0. The molecular formula is C14H27N. The molecule has 0 spiro atoms. The number of fused-ring (bicyclic) bond motifs is 1. The van der Waals surface area contributed by atoms with Gasteiger partial charge in [-0.3, -0.25) is 0 Å². The van der Waals surface area contributed by atoms with E-state index in [1.807, 2.05) is 0 Å². The van der Waals surface area contributed by atoms with Crippen molar-refractivity contribution in [3.63, 3.8) is 0 Å². The molecule has 1 heterocycles. The number of aryl methyl sites for hydroxylation is 1. The van der Waals surface area contributed by atoms with Gasteiger partial charge < -0.3 is 5.32 Å². The van der Waals surface area contributed by atoms with Crippen molar-refractivity contribution in [3.8, 4) is 0 Å². The third-order valence-electron chi connectivity index (χ3n) is 2.21. The minimum absolute atomic E-state index is 0. The summed E-state index contributed by atoms with van der Waals surface area (Å²) in [7, 11) is 0. The molecule has 0 fully saturated rings. The lowest BCUT2D eigenvalue weighted by atomic mass is 10.1. The maximum absolute atomic E-state index is 3.43.